The van der Waals surface area contributed by atoms with Gasteiger partial charge in [-0.2, -0.15) is 0 Å². The summed E-state index contributed by atoms with van der Waals surface area (Å²) in [5, 5.41) is 9.17. The topological polar surface area (TPSA) is 49.8 Å². The zero-order valence-electron chi connectivity index (χ0n) is 11.7. The Labute approximate surface area is 118 Å². The molecular weight excluding hydrogens is 262 g/mol. The number of carbonyl (C=O) groups is 1. The Morgan fingerprint density at radius 1 is 1.37 bits per heavy atom. The number of carboxylic acids is 1. The number of carboxylic acid groups (broad SMARTS) is 1. The molecule has 1 aromatic carbocycles. The zero-order chi connectivity index (χ0) is 14.3. The molecule has 1 rings (SSSR count). The summed E-state index contributed by atoms with van der Waals surface area (Å²) in [6.45, 7) is 7.24. The van der Waals surface area contributed by atoms with E-state index in [4.69, 9.17) is 9.84 Å². The van der Waals surface area contributed by atoms with Crippen molar-refractivity contribution in [2.24, 2.45) is 0 Å². The second kappa shape index (κ2) is 8.07. The third kappa shape index (κ3) is 4.76. The van der Waals surface area contributed by atoms with E-state index in [1.54, 1.807) is 37.1 Å². The minimum absolute atomic E-state index is 0.338. The van der Waals surface area contributed by atoms with Gasteiger partial charge < -0.3 is 14.7 Å². The van der Waals surface area contributed by atoms with Crippen LogP contribution in [0, 0.1) is 0 Å². The average molecular weight is 283 g/mol. The van der Waals surface area contributed by atoms with E-state index in [0.717, 1.165) is 30.3 Å². The molecule has 106 valence electrons. The van der Waals surface area contributed by atoms with Crippen LogP contribution in [-0.2, 0) is 0 Å². The fourth-order valence-corrected chi connectivity index (χ4v) is 2.83. The molecule has 0 saturated heterocycles. The Morgan fingerprint density at radius 2 is 2.05 bits per heavy atom. The Hall–Kier alpha value is -1.20. The van der Waals surface area contributed by atoms with Gasteiger partial charge in [-0.1, -0.05) is 13.8 Å². The number of benzene rings is 1. The molecule has 0 aromatic heterocycles. The highest BCUT2D eigenvalue weighted by atomic mass is 32.2. The van der Waals surface area contributed by atoms with E-state index in [2.05, 4.69) is 18.7 Å². The van der Waals surface area contributed by atoms with Crippen molar-refractivity contribution in [1.82, 2.24) is 4.90 Å². The maximum absolute atomic E-state index is 11.2. The highest BCUT2D eigenvalue weighted by Crippen LogP contribution is 2.27. The molecule has 0 bridgehead atoms. The predicted octanol–water partition coefficient (Wildman–Crippen LogP) is 2.83. The minimum Gasteiger partial charge on any atom is -0.497 e. The first-order valence-electron chi connectivity index (χ1n) is 6.38. The van der Waals surface area contributed by atoms with Gasteiger partial charge in [-0.15, -0.1) is 11.8 Å². The molecule has 0 amide bonds. The molecule has 1 aromatic rings. The van der Waals surface area contributed by atoms with Crippen molar-refractivity contribution in [3.05, 3.63) is 23.8 Å². The van der Waals surface area contributed by atoms with Crippen molar-refractivity contribution >= 4 is 17.7 Å². The van der Waals surface area contributed by atoms with Gasteiger partial charge in [0.25, 0.3) is 0 Å². The van der Waals surface area contributed by atoms with E-state index in [9.17, 15) is 4.79 Å². The van der Waals surface area contributed by atoms with Crippen molar-refractivity contribution in [3.63, 3.8) is 0 Å². The number of thioether (sulfide) groups is 1. The number of aromatic carboxylic acids is 1. The van der Waals surface area contributed by atoms with Gasteiger partial charge in [0.05, 0.1) is 12.7 Å². The summed E-state index contributed by atoms with van der Waals surface area (Å²) in [7, 11) is 1.58. The van der Waals surface area contributed by atoms with Crippen LogP contribution in [0.15, 0.2) is 23.1 Å². The van der Waals surface area contributed by atoms with Gasteiger partial charge in [0.2, 0.25) is 0 Å². The van der Waals surface area contributed by atoms with Crippen molar-refractivity contribution in [2.75, 3.05) is 32.5 Å². The van der Waals surface area contributed by atoms with Gasteiger partial charge in [-0.3, -0.25) is 0 Å². The van der Waals surface area contributed by atoms with Crippen molar-refractivity contribution in [1.29, 1.82) is 0 Å². The van der Waals surface area contributed by atoms with Crippen molar-refractivity contribution < 1.29 is 14.6 Å². The van der Waals surface area contributed by atoms with Gasteiger partial charge in [-0.25, -0.2) is 4.79 Å². The summed E-state index contributed by atoms with van der Waals surface area (Å²) >= 11 is 1.56. The van der Waals surface area contributed by atoms with Crippen LogP contribution in [0.5, 0.6) is 5.75 Å². The van der Waals surface area contributed by atoms with Gasteiger partial charge in [0.1, 0.15) is 5.75 Å². The molecule has 0 saturated carbocycles. The number of hydrogen-bond donors (Lipinski definition) is 1. The van der Waals surface area contributed by atoms with Crippen molar-refractivity contribution in [3.8, 4) is 5.75 Å². The van der Waals surface area contributed by atoms with Crippen LogP contribution < -0.4 is 4.74 Å². The zero-order valence-corrected chi connectivity index (χ0v) is 12.5. The van der Waals surface area contributed by atoms with Crippen LogP contribution in [0.2, 0.25) is 0 Å². The molecule has 19 heavy (non-hydrogen) atoms. The average Bonchev–Trinajstić information content (AvgIpc) is 2.43. The second-order valence-electron chi connectivity index (χ2n) is 4.04. The van der Waals surface area contributed by atoms with Crippen LogP contribution >= 0.6 is 11.8 Å². The van der Waals surface area contributed by atoms with E-state index in [-0.39, 0.29) is 0 Å². The molecule has 0 spiro atoms. The summed E-state index contributed by atoms with van der Waals surface area (Å²) in [4.78, 5) is 14.2. The molecule has 0 aliphatic heterocycles. The predicted molar refractivity (Wildman–Crippen MR) is 78.5 cm³/mol. The Bertz CT molecular complexity index is 419. The highest BCUT2D eigenvalue weighted by Gasteiger charge is 2.12. The first kappa shape index (κ1) is 15.9. The second-order valence-corrected chi connectivity index (χ2v) is 5.18. The number of ether oxygens (including phenoxy) is 1. The molecule has 1 N–H and O–H groups in total. The Balaban J connectivity index is 2.72. The lowest BCUT2D eigenvalue weighted by atomic mass is 10.2. The normalized spacial score (nSPS) is 10.7. The quantitative estimate of drug-likeness (QED) is 0.743. The van der Waals surface area contributed by atoms with Crippen molar-refractivity contribution in [2.45, 2.75) is 18.7 Å². The summed E-state index contributed by atoms with van der Waals surface area (Å²) < 4.78 is 5.14. The molecule has 0 aliphatic rings. The number of methoxy groups -OCH3 is 1. The summed E-state index contributed by atoms with van der Waals surface area (Å²) in [6, 6.07) is 5.06. The lowest BCUT2D eigenvalue weighted by Crippen LogP contribution is -2.25. The van der Waals surface area contributed by atoms with Gasteiger partial charge in [0.15, 0.2) is 0 Å². The van der Waals surface area contributed by atoms with E-state index in [1.165, 1.54) is 0 Å². The third-order valence-electron chi connectivity index (χ3n) is 2.98. The van der Waals surface area contributed by atoms with Crippen LogP contribution in [0.25, 0.3) is 0 Å². The van der Waals surface area contributed by atoms with Gasteiger partial charge in [-0.05, 0) is 31.3 Å². The van der Waals surface area contributed by atoms with E-state index < -0.39 is 5.97 Å². The smallest absolute Gasteiger partial charge is 0.336 e. The van der Waals surface area contributed by atoms with Crippen LogP contribution in [0.3, 0.4) is 0 Å². The first-order chi connectivity index (χ1) is 9.12. The largest absolute Gasteiger partial charge is 0.497 e. The summed E-state index contributed by atoms with van der Waals surface area (Å²) in [5.74, 6) is 0.665. The minimum atomic E-state index is -0.895. The first-order valence-corrected chi connectivity index (χ1v) is 7.37. The van der Waals surface area contributed by atoms with E-state index in [1.807, 2.05) is 0 Å². The molecule has 0 fully saturated rings. The maximum atomic E-state index is 11.2. The number of rotatable bonds is 8. The molecule has 0 unspecified atom stereocenters. The molecule has 0 atom stereocenters. The Morgan fingerprint density at radius 3 is 2.58 bits per heavy atom. The lowest BCUT2D eigenvalue weighted by Gasteiger charge is -2.17. The van der Waals surface area contributed by atoms with Crippen LogP contribution in [-0.4, -0.2) is 48.5 Å². The molecule has 0 heterocycles. The molecule has 4 nitrogen and oxygen atoms in total. The van der Waals surface area contributed by atoms with Gasteiger partial charge >= 0.3 is 5.97 Å². The fourth-order valence-electron chi connectivity index (χ4n) is 1.75. The SMILES string of the molecule is CCN(CC)CCSc1cc(OC)ccc1C(=O)O. The molecule has 0 aliphatic carbocycles. The monoisotopic (exact) mass is 283 g/mol. The highest BCUT2D eigenvalue weighted by molar-refractivity contribution is 7.99. The van der Waals surface area contributed by atoms with Crippen LogP contribution in [0.4, 0.5) is 0 Å². The van der Waals surface area contributed by atoms with E-state index >= 15 is 0 Å². The Kier molecular flexibility index (Phi) is 6.73. The lowest BCUT2D eigenvalue weighted by molar-refractivity contribution is 0.0693. The number of hydrogen-bond acceptors (Lipinski definition) is 4. The van der Waals surface area contributed by atoms with Crippen LogP contribution in [0.1, 0.15) is 24.2 Å². The third-order valence-corrected chi connectivity index (χ3v) is 4.01. The molecule has 0 radical (unpaired) electrons. The standard InChI is InChI=1S/C14H21NO3S/c1-4-15(5-2)8-9-19-13-10-11(18-3)6-7-12(13)14(16)17/h6-7,10H,4-5,8-9H2,1-3H3,(H,16,17). The summed E-state index contributed by atoms with van der Waals surface area (Å²) in [6.07, 6.45) is 0. The van der Waals surface area contributed by atoms with E-state index in [0.29, 0.717) is 11.3 Å². The molecule has 5 heteroatoms. The fraction of sp³-hybridized carbons (Fsp3) is 0.500. The maximum Gasteiger partial charge on any atom is 0.336 e. The van der Waals surface area contributed by atoms with Gasteiger partial charge in [0, 0.05) is 17.2 Å². The number of nitrogens with zero attached hydrogens (tertiary/aromatic N) is 1. The molecular formula is C14H21NO3S. The summed E-state index contributed by atoms with van der Waals surface area (Å²) in [5.41, 5.74) is 0.338.